The van der Waals surface area contributed by atoms with Crippen LogP contribution in [-0.2, 0) is 6.18 Å². The summed E-state index contributed by atoms with van der Waals surface area (Å²) in [6, 6.07) is 6.40. The van der Waals surface area contributed by atoms with Crippen LogP contribution in [0, 0.1) is 0 Å². The van der Waals surface area contributed by atoms with E-state index < -0.39 is 11.7 Å². The Bertz CT molecular complexity index is 485. The smallest absolute Gasteiger partial charge is 0.399 e. The van der Waals surface area contributed by atoms with Crippen molar-refractivity contribution < 1.29 is 13.2 Å². The number of nitrogen functional groups attached to an aromatic ring is 1. The van der Waals surface area contributed by atoms with Crippen molar-refractivity contribution in [3.8, 4) is 5.69 Å². The molecule has 2 aromatic rings. The molecule has 0 saturated heterocycles. The van der Waals surface area contributed by atoms with Crippen LogP contribution in [0.15, 0.2) is 36.7 Å². The number of hydrogen-bond donors (Lipinski definition) is 1. The summed E-state index contributed by atoms with van der Waals surface area (Å²) < 4.78 is 38.1. The summed E-state index contributed by atoms with van der Waals surface area (Å²) in [7, 11) is 0. The average Bonchev–Trinajstić information content (AvgIpc) is 2.67. The minimum absolute atomic E-state index is 0.532. The maximum atomic E-state index is 12.3. The van der Waals surface area contributed by atoms with Gasteiger partial charge in [-0.1, -0.05) is 0 Å². The molecule has 0 aliphatic rings. The number of rotatable bonds is 1. The molecule has 0 aliphatic carbocycles. The van der Waals surface area contributed by atoms with Gasteiger partial charge in [0.05, 0.1) is 17.4 Å². The minimum atomic E-state index is -4.37. The molecule has 0 spiro atoms. The van der Waals surface area contributed by atoms with E-state index in [1.807, 2.05) is 0 Å². The van der Waals surface area contributed by atoms with Gasteiger partial charge in [0.25, 0.3) is 0 Å². The molecule has 0 bridgehead atoms. The Kier molecular flexibility index (Phi) is 2.34. The molecule has 1 aromatic heterocycles. The van der Waals surface area contributed by atoms with Crippen LogP contribution in [0.2, 0.25) is 0 Å². The van der Waals surface area contributed by atoms with Crippen LogP contribution in [0.25, 0.3) is 5.69 Å². The molecule has 1 heterocycles. The average molecular weight is 227 g/mol. The van der Waals surface area contributed by atoms with Crippen LogP contribution in [-0.4, -0.2) is 9.78 Å². The van der Waals surface area contributed by atoms with E-state index in [9.17, 15) is 13.2 Å². The van der Waals surface area contributed by atoms with E-state index in [-0.39, 0.29) is 0 Å². The highest BCUT2D eigenvalue weighted by atomic mass is 19.4. The molecule has 0 amide bonds. The van der Waals surface area contributed by atoms with E-state index in [2.05, 4.69) is 5.10 Å². The molecule has 1 aromatic carbocycles. The quantitative estimate of drug-likeness (QED) is 0.760. The molecular formula is C10H8F3N3. The maximum absolute atomic E-state index is 12.3. The number of nitrogens with zero attached hydrogens (tertiary/aromatic N) is 2. The molecule has 2 N–H and O–H groups in total. The first kappa shape index (κ1) is 10.5. The lowest BCUT2D eigenvalue weighted by Crippen LogP contribution is -2.03. The zero-order chi connectivity index (χ0) is 11.8. The van der Waals surface area contributed by atoms with Gasteiger partial charge in [-0.2, -0.15) is 18.3 Å². The van der Waals surface area contributed by atoms with E-state index in [0.29, 0.717) is 11.4 Å². The molecule has 0 aliphatic heterocycles. The second-order valence-electron chi connectivity index (χ2n) is 3.26. The first-order valence-electron chi connectivity index (χ1n) is 4.44. The number of aromatic nitrogens is 2. The monoisotopic (exact) mass is 227 g/mol. The highest BCUT2D eigenvalue weighted by Crippen LogP contribution is 2.29. The molecule has 0 saturated carbocycles. The summed E-state index contributed by atoms with van der Waals surface area (Å²) in [5.74, 6) is 0. The van der Waals surface area contributed by atoms with Crippen LogP contribution in [0.1, 0.15) is 5.56 Å². The van der Waals surface area contributed by atoms with E-state index in [4.69, 9.17) is 5.73 Å². The zero-order valence-electron chi connectivity index (χ0n) is 8.07. The minimum Gasteiger partial charge on any atom is -0.399 e. The molecule has 2 rings (SSSR count). The molecule has 3 nitrogen and oxygen atoms in total. The van der Waals surface area contributed by atoms with Crippen LogP contribution in [0.4, 0.5) is 18.9 Å². The number of benzene rings is 1. The Morgan fingerprint density at radius 1 is 1.12 bits per heavy atom. The Morgan fingerprint density at radius 2 is 1.75 bits per heavy atom. The summed E-state index contributed by atoms with van der Waals surface area (Å²) in [6.07, 6.45) is -2.64. The second kappa shape index (κ2) is 3.55. The fourth-order valence-corrected chi connectivity index (χ4v) is 1.24. The van der Waals surface area contributed by atoms with Crippen molar-refractivity contribution in [3.05, 3.63) is 42.2 Å². The number of hydrogen-bond acceptors (Lipinski definition) is 2. The lowest BCUT2D eigenvalue weighted by Gasteiger charge is -2.02. The Labute approximate surface area is 89.3 Å². The first-order valence-corrected chi connectivity index (χ1v) is 4.44. The van der Waals surface area contributed by atoms with Gasteiger partial charge < -0.3 is 5.73 Å². The predicted molar refractivity (Wildman–Crippen MR) is 53.0 cm³/mol. The highest BCUT2D eigenvalue weighted by molar-refractivity contribution is 5.44. The summed E-state index contributed by atoms with van der Waals surface area (Å²) >= 11 is 0. The highest BCUT2D eigenvalue weighted by Gasteiger charge is 2.32. The lowest BCUT2D eigenvalue weighted by atomic mass is 10.3. The van der Waals surface area contributed by atoms with Crippen molar-refractivity contribution in [3.63, 3.8) is 0 Å². The maximum Gasteiger partial charge on any atom is 0.419 e. The first-order chi connectivity index (χ1) is 7.47. The molecule has 6 heteroatoms. The molecule has 84 valence electrons. The van der Waals surface area contributed by atoms with Gasteiger partial charge in [-0.15, -0.1) is 0 Å². The SMILES string of the molecule is Nc1ccc(-n2cc(C(F)(F)F)cn2)cc1. The molecule has 0 atom stereocenters. The van der Waals surface area contributed by atoms with Crippen LogP contribution in [0.3, 0.4) is 0 Å². The van der Waals surface area contributed by atoms with Crippen molar-refractivity contribution in [2.45, 2.75) is 6.18 Å². The van der Waals surface area contributed by atoms with Gasteiger partial charge in [-0.05, 0) is 24.3 Å². The van der Waals surface area contributed by atoms with E-state index in [1.165, 1.54) is 0 Å². The lowest BCUT2D eigenvalue weighted by molar-refractivity contribution is -0.137. The van der Waals surface area contributed by atoms with E-state index in [0.717, 1.165) is 17.1 Å². The fourth-order valence-electron chi connectivity index (χ4n) is 1.24. The Morgan fingerprint density at radius 3 is 2.25 bits per heavy atom. The van der Waals surface area contributed by atoms with Crippen LogP contribution >= 0.6 is 0 Å². The molecule has 0 unspecified atom stereocenters. The second-order valence-corrected chi connectivity index (χ2v) is 3.26. The van der Waals surface area contributed by atoms with Crippen molar-refractivity contribution in [1.29, 1.82) is 0 Å². The Hall–Kier alpha value is -1.98. The largest absolute Gasteiger partial charge is 0.419 e. The van der Waals surface area contributed by atoms with E-state index >= 15 is 0 Å². The zero-order valence-corrected chi connectivity index (χ0v) is 8.07. The third kappa shape index (κ3) is 2.00. The van der Waals surface area contributed by atoms with Gasteiger partial charge >= 0.3 is 6.18 Å². The Balaban J connectivity index is 2.35. The van der Waals surface area contributed by atoms with Crippen molar-refractivity contribution >= 4 is 5.69 Å². The fraction of sp³-hybridized carbons (Fsp3) is 0.100. The number of alkyl halides is 3. The van der Waals surface area contributed by atoms with Gasteiger partial charge in [0, 0.05) is 11.9 Å². The van der Waals surface area contributed by atoms with Crippen LogP contribution < -0.4 is 5.73 Å². The van der Waals surface area contributed by atoms with Gasteiger partial charge in [0.1, 0.15) is 0 Å². The summed E-state index contributed by atoms with van der Waals surface area (Å²) in [4.78, 5) is 0. The summed E-state index contributed by atoms with van der Waals surface area (Å²) in [5, 5.41) is 3.64. The van der Waals surface area contributed by atoms with Crippen molar-refractivity contribution in [2.75, 3.05) is 5.73 Å². The van der Waals surface area contributed by atoms with Gasteiger partial charge in [0.2, 0.25) is 0 Å². The normalized spacial score (nSPS) is 11.7. The molecular weight excluding hydrogens is 219 g/mol. The van der Waals surface area contributed by atoms with Crippen molar-refractivity contribution in [1.82, 2.24) is 9.78 Å². The van der Waals surface area contributed by atoms with Gasteiger partial charge in [-0.25, -0.2) is 4.68 Å². The van der Waals surface area contributed by atoms with E-state index in [1.54, 1.807) is 24.3 Å². The third-order valence-corrected chi connectivity index (χ3v) is 2.07. The summed E-state index contributed by atoms with van der Waals surface area (Å²) in [6.45, 7) is 0. The number of halogens is 3. The van der Waals surface area contributed by atoms with Gasteiger partial charge in [-0.3, -0.25) is 0 Å². The predicted octanol–water partition coefficient (Wildman–Crippen LogP) is 2.47. The standard InChI is InChI=1S/C10H8F3N3/c11-10(12,13)7-5-15-16(6-7)9-3-1-8(14)2-4-9/h1-6H,14H2. The topological polar surface area (TPSA) is 43.8 Å². The van der Waals surface area contributed by atoms with Crippen LogP contribution in [0.5, 0.6) is 0 Å². The van der Waals surface area contributed by atoms with Gasteiger partial charge in [0.15, 0.2) is 0 Å². The summed E-state index contributed by atoms with van der Waals surface area (Å²) in [5.41, 5.74) is 5.78. The molecule has 0 fully saturated rings. The number of anilines is 1. The van der Waals surface area contributed by atoms with Crippen molar-refractivity contribution in [2.24, 2.45) is 0 Å². The third-order valence-electron chi connectivity index (χ3n) is 2.07. The molecule has 16 heavy (non-hydrogen) atoms. The number of nitrogens with two attached hydrogens (primary N) is 1. The molecule has 0 radical (unpaired) electrons.